The number of nitrogens with zero attached hydrogens (tertiary/aromatic N) is 3. The lowest BCUT2D eigenvalue weighted by molar-refractivity contribution is -0.142. The van der Waals surface area contributed by atoms with Crippen molar-refractivity contribution in [2.24, 2.45) is 5.92 Å². The predicted octanol–water partition coefficient (Wildman–Crippen LogP) is 2.94. The van der Waals surface area contributed by atoms with Crippen LogP contribution in [0.2, 0.25) is 0 Å². The van der Waals surface area contributed by atoms with Gasteiger partial charge in [-0.15, -0.1) is 0 Å². The fraction of sp³-hybridized carbons (Fsp3) is 0.792. The number of nitrogens with one attached hydrogen (secondary N) is 1. The van der Waals surface area contributed by atoms with Crippen molar-refractivity contribution in [3.8, 4) is 0 Å². The van der Waals surface area contributed by atoms with Crippen LogP contribution >= 0.6 is 0 Å². The van der Waals surface area contributed by atoms with Crippen molar-refractivity contribution in [1.29, 1.82) is 0 Å². The molecular weight excluding hydrogens is 392 g/mol. The van der Waals surface area contributed by atoms with Crippen LogP contribution in [0.4, 0.5) is 0 Å². The van der Waals surface area contributed by atoms with Gasteiger partial charge in [-0.2, -0.15) is 0 Å². The number of likely N-dealkylation sites (tertiary alicyclic amines) is 1. The monoisotopic (exact) mass is 428 g/mol. The molecular formula is C24H36N4O3. The molecule has 4 aliphatic rings. The van der Waals surface area contributed by atoms with E-state index in [0.717, 1.165) is 69.4 Å². The molecule has 3 aliphatic heterocycles. The van der Waals surface area contributed by atoms with Gasteiger partial charge in [0.25, 0.3) is 5.56 Å². The third-order valence-corrected chi connectivity index (χ3v) is 7.88. The van der Waals surface area contributed by atoms with Crippen LogP contribution in [-0.2, 0) is 22.5 Å². The molecule has 5 rings (SSSR count). The topological polar surface area (TPSA) is 78.5 Å². The lowest BCUT2D eigenvalue weighted by Gasteiger charge is -2.39. The number of ether oxygens (including phenoxy) is 1. The number of hydrogen-bond acceptors (Lipinski definition) is 5. The van der Waals surface area contributed by atoms with E-state index in [-0.39, 0.29) is 23.4 Å². The third-order valence-electron chi connectivity index (χ3n) is 7.88. The second-order valence-corrected chi connectivity index (χ2v) is 9.82. The second kappa shape index (κ2) is 9.41. The number of rotatable bonds is 3. The first kappa shape index (κ1) is 21.1. The van der Waals surface area contributed by atoms with Crippen LogP contribution in [0, 0.1) is 5.92 Å². The fourth-order valence-corrected chi connectivity index (χ4v) is 6.04. The zero-order valence-corrected chi connectivity index (χ0v) is 18.6. The van der Waals surface area contributed by atoms with Gasteiger partial charge >= 0.3 is 0 Å². The predicted molar refractivity (Wildman–Crippen MR) is 118 cm³/mol. The molecule has 0 spiro atoms. The maximum absolute atomic E-state index is 13.3. The molecule has 1 N–H and O–H groups in total. The highest BCUT2D eigenvalue weighted by molar-refractivity contribution is 5.79. The number of H-pyrrole nitrogens is 1. The Labute approximate surface area is 184 Å². The van der Waals surface area contributed by atoms with Crippen LogP contribution in [0.25, 0.3) is 0 Å². The van der Waals surface area contributed by atoms with Gasteiger partial charge in [-0.3, -0.25) is 14.5 Å². The molecule has 7 nitrogen and oxygen atoms in total. The second-order valence-electron chi connectivity index (χ2n) is 9.82. The summed E-state index contributed by atoms with van der Waals surface area (Å²) in [5.41, 5.74) is 1.80. The molecule has 2 saturated heterocycles. The lowest BCUT2D eigenvalue weighted by atomic mass is 9.92. The van der Waals surface area contributed by atoms with Crippen LogP contribution < -0.4 is 5.56 Å². The molecule has 1 aromatic rings. The number of piperidine rings is 1. The molecule has 1 atom stereocenters. The molecule has 1 aromatic heterocycles. The Kier molecular flexibility index (Phi) is 6.41. The minimum absolute atomic E-state index is 0.00421. The van der Waals surface area contributed by atoms with Crippen molar-refractivity contribution in [3.05, 3.63) is 27.4 Å². The van der Waals surface area contributed by atoms with Gasteiger partial charge in [0.15, 0.2) is 0 Å². The molecule has 1 amide bonds. The van der Waals surface area contributed by atoms with Gasteiger partial charge in [0.05, 0.1) is 17.3 Å². The minimum atomic E-state index is -0.0986. The summed E-state index contributed by atoms with van der Waals surface area (Å²) >= 11 is 0. The van der Waals surface area contributed by atoms with Gasteiger partial charge in [-0.05, 0) is 44.9 Å². The Morgan fingerprint density at radius 1 is 0.968 bits per heavy atom. The van der Waals surface area contributed by atoms with Crippen LogP contribution in [-0.4, -0.2) is 58.0 Å². The highest BCUT2D eigenvalue weighted by Gasteiger charge is 2.35. The third kappa shape index (κ3) is 4.44. The molecule has 31 heavy (non-hydrogen) atoms. The molecule has 0 bridgehead atoms. The molecule has 1 saturated carbocycles. The number of fused-ring (bicyclic) bond motifs is 1. The average Bonchev–Trinajstić information content (AvgIpc) is 2.84. The summed E-state index contributed by atoms with van der Waals surface area (Å²) in [4.78, 5) is 38.9. The number of hydrogen-bond donors (Lipinski definition) is 1. The first-order valence-electron chi connectivity index (χ1n) is 12.4. The van der Waals surface area contributed by atoms with Crippen LogP contribution in [0.1, 0.15) is 87.3 Å². The van der Waals surface area contributed by atoms with Gasteiger partial charge in [-0.1, -0.05) is 19.3 Å². The van der Waals surface area contributed by atoms with Gasteiger partial charge < -0.3 is 14.6 Å². The molecule has 170 valence electrons. The lowest BCUT2D eigenvalue weighted by Crippen LogP contribution is -2.45. The maximum atomic E-state index is 13.3. The van der Waals surface area contributed by atoms with Crippen molar-refractivity contribution in [3.63, 3.8) is 0 Å². The highest BCUT2D eigenvalue weighted by Crippen LogP contribution is 2.33. The van der Waals surface area contributed by atoms with E-state index in [4.69, 9.17) is 9.72 Å². The van der Waals surface area contributed by atoms with E-state index >= 15 is 0 Å². The van der Waals surface area contributed by atoms with E-state index < -0.39 is 0 Å². The first-order valence-corrected chi connectivity index (χ1v) is 12.4. The summed E-state index contributed by atoms with van der Waals surface area (Å²) in [6, 6.07) is 0.519. The quantitative estimate of drug-likeness (QED) is 0.801. The van der Waals surface area contributed by atoms with E-state index in [1.54, 1.807) is 0 Å². The first-order chi connectivity index (χ1) is 15.2. The molecule has 0 aromatic carbocycles. The Balaban J connectivity index is 1.35. The molecule has 0 unspecified atom stereocenters. The maximum Gasteiger partial charge on any atom is 0.255 e. The van der Waals surface area contributed by atoms with Crippen molar-refractivity contribution in [2.45, 2.75) is 89.3 Å². The number of amides is 1. The van der Waals surface area contributed by atoms with E-state index in [9.17, 15) is 9.59 Å². The SMILES string of the molecule is O=C(C1CCOCC1)N1CCCC[C@H]1c1nc2c(c(=O)[nH]1)CN(C1CCCCC1)CC2. The largest absolute Gasteiger partial charge is 0.381 e. The minimum Gasteiger partial charge on any atom is -0.381 e. The molecule has 0 radical (unpaired) electrons. The van der Waals surface area contributed by atoms with E-state index in [0.29, 0.717) is 25.1 Å². The number of aromatic nitrogens is 2. The Morgan fingerprint density at radius 2 is 1.74 bits per heavy atom. The van der Waals surface area contributed by atoms with Crippen molar-refractivity contribution in [1.82, 2.24) is 19.8 Å². The zero-order chi connectivity index (χ0) is 21.2. The normalized spacial score (nSPS) is 26.6. The molecule has 4 heterocycles. The Hall–Kier alpha value is -1.73. The van der Waals surface area contributed by atoms with Crippen molar-refractivity contribution in [2.75, 3.05) is 26.3 Å². The Bertz CT molecular complexity index is 842. The standard InChI is InChI=1S/C24H36N4O3/c29-23-19-16-27(18-6-2-1-3-7-18)13-9-20(19)25-22(26-23)21-8-4-5-12-28(21)24(30)17-10-14-31-15-11-17/h17-18,21H,1-16H2,(H,25,26,29)/t21-/m0/s1. The van der Waals surface area contributed by atoms with Gasteiger partial charge in [0.2, 0.25) is 5.91 Å². The van der Waals surface area contributed by atoms with Gasteiger partial charge in [-0.25, -0.2) is 4.98 Å². The average molecular weight is 429 g/mol. The van der Waals surface area contributed by atoms with Crippen LogP contribution in [0.5, 0.6) is 0 Å². The van der Waals surface area contributed by atoms with E-state index in [1.807, 2.05) is 4.90 Å². The molecule has 3 fully saturated rings. The summed E-state index contributed by atoms with van der Waals surface area (Å²) in [7, 11) is 0. The van der Waals surface area contributed by atoms with Crippen molar-refractivity contribution < 1.29 is 9.53 Å². The molecule has 1 aliphatic carbocycles. The Morgan fingerprint density at radius 3 is 2.55 bits per heavy atom. The van der Waals surface area contributed by atoms with E-state index in [2.05, 4.69) is 9.88 Å². The number of aromatic amines is 1. The summed E-state index contributed by atoms with van der Waals surface area (Å²) in [6.45, 7) is 3.80. The van der Waals surface area contributed by atoms with Crippen molar-refractivity contribution >= 4 is 5.91 Å². The summed E-state index contributed by atoms with van der Waals surface area (Å²) in [5, 5.41) is 0. The summed E-state index contributed by atoms with van der Waals surface area (Å²) in [5.74, 6) is 0.967. The molecule has 7 heteroatoms. The van der Waals surface area contributed by atoms with E-state index in [1.165, 1.54) is 32.1 Å². The summed E-state index contributed by atoms with van der Waals surface area (Å²) < 4.78 is 5.44. The highest BCUT2D eigenvalue weighted by atomic mass is 16.5. The summed E-state index contributed by atoms with van der Waals surface area (Å²) in [6.07, 6.45) is 11.9. The van der Waals surface area contributed by atoms with Crippen LogP contribution in [0.15, 0.2) is 4.79 Å². The zero-order valence-electron chi connectivity index (χ0n) is 18.6. The smallest absolute Gasteiger partial charge is 0.255 e. The number of carbonyl (C=O) groups is 1. The van der Waals surface area contributed by atoms with Gasteiger partial charge in [0.1, 0.15) is 5.82 Å². The fourth-order valence-electron chi connectivity index (χ4n) is 6.04. The van der Waals surface area contributed by atoms with Gasteiger partial charge in [0, 0.05) is 51.2 Å². The van der Waals surface area contributed by atoms with Crippen LogP contribution in [0.3, 0.4) is 0 Å². The number of carbonyl (C=O) groups excluding carboxylic acids is 1.